The van der Waals surface area contributed by atoms with Crippen LogP contribution in [0.1, 0.15) is 24.3 Å². The monoisotopic (exact) mass is 281 g/mol. The smallest absolute Gasteiger partial charge is 0.169 e. The van der Waals surface area contributed by atoms with Gasteiger partial charge in [0.2, 0.25) is 0 Å². The molecule has 0 fully saturated rings. The van der Waals surface area contributed by atoms with Crippen molar-refractivity contribution in [3.63, 3.8) is 0 Å². The molecule has 0 aliphatic rings. The first-order valence-corrected chi connectivity index (χ1v) is 5.84. The summed E-state index contributed by atoms with van der Waals surface area (Å²) in [7, 11) is 0. The third-order valence-electron chi connectivity index (χ3n) is 2.20. The minimum absolute atomic E-state index is 0.00231. The van der Waals surface area contributed by atoms with Crippen LogP contribution in [-0.4, -0.2) is 16.5 Å². The zero-order chi connectivity index (χ0) is 11.4. The van der Waals surface area contributed by atoms with Crippen LogP contribution in [0.5, 0.6) is 0 Å². The number of hydrogen-bond donors (Lipinski definition) is 1. The Morgan fingerprint density at radius 1 is 1.38 bits per heavy atom. The molecule has 0 saturated carbocycles. The molecule has 1 atom stereocenters. The number of halogens is 1. The van der Waals surface area contributed by atoms with Gasteiger partial charge in [0.15, 0.2) is 4.67 Å². The summed E-state index contributed by atoms with van der Waals surface area (Å²) in [6.45, 7) is 2.90. The van der Waals surface area contributed by atoms with Gasteiger partial charge in [-0.15, -0.1) is 0 Å². The highest BCUT2D eigenvalue weighted by atomic mass is 79.9. The molecule has 2 rings (SSSR count). The van der Waals surface area contributed by atoms with Gasteiger partial charge in [-0.3, -0.25) is 0 Å². The van der Waals surface area contributed by atoms with E-state index in [2.05, 4.69) is 38.1 Å². The first kappa shape index (κ1) is 11.3. The number of furan rings is 1. The van der Waals surface area contributed by atoms with Crippen LogP contribution in [0.3, 0.4) is 0 Å². The molecule has 1 unspecified atom stereocenters. The Balaban J connectivity index is 2.31. The maximum Gasteiger partial charge on any atom is 0.169 e. The molecule has 0 aliphatic heterocycles. The van der Waals surface area contributed by atoms with Gasteiger partial charge in [-0.2, -0.15) is 0 Å². The molecule has 0 aliphatic carbocycles. The summed E-state index contributed by atoms with van der Waals surface area (Å²) in [5.41, 5.74) is 0.992. The van der Waals surface area contributed by atoms with E-state index in [1.54, 1.807) is 12.4 Å². The van der Waals surface area contributed by atoms with Crippen molar-refractivity contribution in [1.82, 2.24) is 15.3 Å². The largest absolute Gasteiger partial charge is 0.452 e. The van der Waals surface area contributed by atoms with Crippen molar-refractivity contribution < 1.29 is 4.42 Å². The number of nitrogens with one attached hydrogen (secondary N) is 1. The van der Waals surface area contributed by atoms with Gasteiger partial charge in [0.05, 0.1) is 6.04 Å². The topological polar surface area (TPSA) is 51.0 Å². The fraction of sp³-hybridized carbons (Fsp3) is 0.273. The van der Waals surface area contributed by atoms with Gasteiger partial charge in [-0.05, 0) is 34.6 Å². The average Bonchev–Trinajstić information content (AvgIpc) is 2.74. The van der Waals surface area contributed by atoms with E-state index in [-0.39, 0.29) is 6.04 Å². The van der Waals surface area contributed by atoms with E-state index >= 15 is 0 Å². The summed E-state index contributed by atoms with van der Waals surface area (Å²) in [6, 6.07) is 3.81. The normalized spacial score (nSPS) is 12.6. The lowest BCUT2D eigenvalue weighted by molar-refractivity contribution is 0.436. The predicted octanol–water partition coefficient (Wildman–Crippen LogP) is 2.53. The standard InChI is InChI=1S/C11H12BrN3O/c1-2-15-11(8-5-13-7-14-6-8)9-3-4-10(12)16-9/h3-7,11,15H,2H2,1H3. The maximum absolute atomic E-state index is 5.55. The van der Waals surface area contributed by atoms with E-state index < -0.39 is 0 Å². The molecule has 0 aromatic carbocycles. The molecule has 2 aromatic rings. The molecule has 84 valence electrons. The highest BCUT2D eigenvalue weighted by Gasteiger charge is 2.16. The molecular weight excluding hydrogens is 270 g/mol. The predicted molar refractivity (Wildman–Crippen MR) is 64.0 cm³/mol. The van der Waals surface area contributed by atoms with Crippen molar-refractivity contribution in [3.8, 4) is 0 Å². The van der Waals surface area contributed by atoms with E-state index in [0.29, 0.717) is 0 Å². The van der Waals surface area contributed by atoms with E-state index in [4.69, 9.17) is 4.42 Å². The van der Waals surface area contributed by atoms with Gasteiger partial charge >= 0.3 is 0 Å². The van der Waals surface area contributed by atoms with Crippen molar-refractivity contribution in [1.29, 1.82) is 0 Å². The second-order valence-corrected chi connectivity index (χ2v) is 4.09. The van der Waals surface area contributed by atoms with Gasteiger partial charge < -0.3 is 9.73 Å². The van der Waals surface area contributed by atoms with Gasteiger partial charge in [0, 0.05) is 18.0 Å². The Hall–Kier alpha value is -1.20. The van der Waals surface area contributed by atoms with Crippen molar-refractivity contribution >= 4 is 15.9 Å². The van der Waals surface area contributed by atoms with E-state index in [1.807, 2.05) is 12.1 Å². The van der Waals surface area contributed by atoms with Crippen LogP contribution >= 0.6 is 15.9 Å². The van der Waals surface area contributed by atoms with E-state index in [1.165, 1.54) is 6.33 Å². The highest BCUT2D eigenvalue weighted by Crippen LogP contribution is 2.25. The Kier molecular flexibility index (Phi) is 3.69. The molecule has 0 amide bonds. The van der Waals surface area contributed by atoms with Gasteiger partial charge in [0.25, 0.3) is 0 Å². The zero-order valence-electron chi connectivity index (χ0n) is 8.85. The third kappa shape index (κ3) is 2.48. The van der Waals surface area contributed by atoms with E-state index in [9.17, 15) is 0 Å². The second kappa shape index (κ2) is 5.23. The molecule has 0 radical (unpaired) electrons. The highest BCUT2D eigenvalue weighted by molar-refractivity contribution is 9.10. The summed E-state index contributed by atoms with van der Waals surface area (Å²) >= 11 is 3.30. The third-order valence-corrected chi connectivity index (χ3v) is 2.63. The van der Waals surface area contributed by atoms with Crippen LogP contribution in [0, 0.1) is 0 Å². The molecule has 4 nitrogen and oxygen atoms in total. The first-order valence-electron chi connectivity index (χ1n) is 5.04. The van der Waals surface area contributed by atoms with Crippen LogP contribution in [-0.2, 0) is 0 Å². The average molecular weight is 282 g/mol. The van der Waals surface area contributed by atoms with Crippen LogP contribution in [0.25, 0.3) is 0 Å². The minimum atomic E-state index is -0.00231. The Morgan fingerprint density at radius 3 is 2.69 bits per heavy atom. The first-order chi connectivity index (χ1) is 7.81. The molecule has 5 heteroatoms. The summed E-state index contributed by atoms with van der Waals surface area (Å²) in [4.78, 5) is 8.03. The molecule has 2 aromatic heterocycles. The van der Waals surface area contributed by atoms with Crippen LogP contribution in [0.15, 0.2) is 39.9 Å². The number of hydrogen-bond acceptors (Lipinski definition) is 4. The van der Waals surface area contributed by atoms with Crippen LogP contribution < -0.4 is 5.32 Å². The summed E-state index contributed by atoms with van der Waals surface area (Å²) in [5, 5.41) is 3.33. The van der Waals surface area contributed by atoms with Crippen molar-refractivity contribution in [2.45, 2.75) is 13.0 Å². The summed E-state index contributed by atoms with van der Waals surface area (Å²) < 4.78 is 6.28. The number of aromatic nitrogens is 2. The minimum Gasteiger partial charge on any atom is -0.452 e. The lowest BCUT2D eigenvalue weighted by Gasteiger charge is -2.14. The Bertz CT molecular complexity index is 444. The molecule has 2 heterocycles. The van der Waals surface area contributed by atoms with Gasteiger partial charge in [-0.1, -0.05) is 6.92 Å². The molecule has 1 N–H and O–H groups in total. The van der Waals surface area contributed by atoms with Crippen molar-refractivity contribution in [2.75, 3.05) is 6.54 Å². The summed E-state index contributed by atoms with van der Waals surface area (Å²) in [5.74, 6) is 0.850. The second-order valence-electron chi connectivity index (χ2n) is 3.30. The Labute approximate surface area is 102 Å². The quantitative estimate of drug-likeness (QED) is 0.936. The SMILES string of the molecule is CCNC(c1cncnc1)c1ccc(Br)o1. The van der Waals surface area contributed by atoms with Crippen molar-refractivity contribution in [3.05, 3.63) is 46.8 Å². The molecular formula is C11H12BrN3O. The number of rotatable bonds is 4. The molecule has 0 spiro atoms. The van der Waals surface area contributed by atoms with Gasteiger partial charge in [-0.25, -0.2) is 9.97 Å². The fourth-order valence-corrected chi connectivity index (χ4v) is 1.85. The fourth-order valence-electron chi connectivity index (χ4n) is 1.53. The lowest BCUT2D eigenvalue weighted by Crippen LogP contribution is -2.21. The van der Waals surface area contributed by atoms with Gasteiger partial charge in [0.1, 0.15) is 12.1 Å². The van der Waals surface area contributed by atoms with Crippen LogP contribution in [0.4, 0.5) is 0 Å². The van der Waals surface area contributed by atoms with Crippen LogP contribution in [0.2, 0.25) is 0 Å². The number of nitrogens with zero attached hydrogens (tertiary/aromatic N) is 2. The van der Waals surface area contributed by atoms with E-state index in [0.717, 1.165) is 22.5 Å². The molecule has 16 heavy (non-hydrogen) atoms. The maximum atomic E-state index is 5.55. The zero-order valence-corrected chi connectivity index (χ0v) is 10.4. The summed E-state index contributed by atoms with van der Waals surface area (Å²) in [6.07, 6.45) is 5.10. The van der Waals surface area contributed by atoms with Crippen molar-refractivity contribution in [2.24, 2.45) is 0 Å². The molecule has 0 saturated heterocycles. The molecule has 0 bridgehead atoms. The Morgan fingerprint density at radius 2 is 2.12 bits per heavy atom. The lowest BCUT2D eigenvalue weighted by atomic mass is 10.1.